The molecule has 210 valence electrons. The summed E-state index contributed by atoms with van der Waals surface area (Å²) in [4.78, 5) is 0. The van der Waals surface area contributed by atoms with Crippen LogP contribution in [0.4, 0.5) is 35.1 Å². The molecule has 0 aliphatic heterocycles. The summed E-state index contributed by atoms with van der Waals surface area (Å²) in [7, 11) is 0. The molecular formula is C30H21ClF8O. The second-order valence-electron chi connectivity index (χ2n) is 9.11. The molecule has 1 aliphatic carbocycles. The van der Waals surface area contributed by atoms with Gasteiger partial charge in [-0.05, 0) is 58.5 Å². The molecule has 0 fully saturated rings. The Kier molecular flexibility index (Phi) is 8.73. The highest BCUT2D eigenvalue weighted by Gasteiger charge is 2.34. The summed E-state index contributed by atoms with van der Waals surface area (Å²) in [5.74, 6) is -5.64. The maximum atomic E-state index is 15.3. The lowest BCUT2D eigenvalue weighted by Crippen LogP contribution is -2.23. The molecule has 0 spiro atoms. The first-order valence-corrected chi connectivity index (χ1v) is 12.5. The predicted molar refractivity (Wildman–Crippen MR) is 138 cm³/mol. The topological polar surface area (TPSA) is 9.23 Å². The van der Waals surface area contributed by atoms with Gasteiger partial charge in [-0.1, -0.05) is 61.3 Å². The number of halogens is 9. The van der Waals surface area contributed by atoms with Crippen molar-refractivity contribution in [2.24, 2.45) is 0 Å². The third kappa shape index (κ3) is 6.58. The zero-order valence-corrected chi connectivity index (χ0v) is 21.6. The first-order valence-electron chi connectivity index (χ1n) is 12.1. The SMILES string of the molecule is CCCc1ccc(-c2ccc(C3=CC(Cl)=C(c4cc(F)c(OC(F)(F)C=C(F)F)c(F)c4)C(F)C3)c(F)c2)cc1. The van der Waals surface area contributed by atoms with Gasteiger partial charge in [0, 0.05) is 22.6 Å². The van der Waals surface area contributed by atoms with Gasteiger partial charge >= 0.3 is 6.11 Å². The number of alkyl halides is 3. The van der Waals surface area contributed by atoms with E-state index in [0.717, 1.165) is 24.0 Å². The van der Waals surface area contributed by atoms with Crippen LogP contribution in [0.15, 0.2) is 77.9 Å². The molecule has 0 saturated carbocycles. The Labute approximate surface area is 230 Å². The Balaban J connectivity index is 1.63. The van der Waals surface area contributed by atoms with E-state index in [1.165, 1.54) is 18.2 Å². The minimum Gasteiger partial charge on any atom is -0.423 e. The van der Waals surface area contributed by atoms with Crippen molar-refractivity contribution >= 4 is 22.7 Å². The fourth-order valence-corrected chi connectivity index (χ4v) is 4.81. The third-order valence-electron chi connectivity index (χ3n) is 6.24. The van der Waals surface area contributed by atoms with E-state index >= 15 is 8.78 Å². The van der Waals surface area contributed by atoms with Crippen LogP contribution in [-0.2, 0) is 6.42 Å². The molecule has 0 heterocycles. The number of allylic oxidation sites excluding steroid dienone is 4. The monoisotopic (exact) mass is 584 g/mol. The summed E-state index contributed by atoms with van der Waals surface area (Å²) in [5.41, 5.74) is 2.07. The molecule has 0 N–H and O–H groups in total. The lowest BCUT2D eigenvalue weighted by Gasteiger charge is -2.23. The average Bonchev–Trinajstić information content (AvgIpc) is 2.85. The molecule has 40 heavy (non-hydrogen) atoms. The van der Waals surface area contributed by atoms with Crippen LogP contribution in [0.1, 0.15) is 36.5 Å². The van der Waals surface area contributed by atoms with Crippen molar-refractivity contribution < 1.29 is 39.9 Å². The van der Waals surface area contributed by atoms with Gasteiger partial charge in [-0.15, -0.1) is 0 Å². The first-order chi connectivity index (χ1) is 18.9. The van der Waals surface area contributed by atoms with Crippen LogP contribution in [0.5, 0.6) is 5.75 Å². The van der Waals surface area contributed by atoms with Gasteiger partial charge in [-0.3, -0.25) is 0 Å². The Bertz CT molecular complexity index is 1480. The van der Waals surface area contributed by atoms with E-state index in [1.54, 1.807) is 6.07 Å². The fraction of sp³-hybridized carbons (Fsp3) is 0.200. The second kappa shape index (κ2) is 11.9. The molecule has 0 bridgehead atoms. The van der Waals surface area contributed by atoms with Crippen LogP contribution in [0.3, 0.4) is 0 Å². The Morgan fingerprint density at radius 2 is 1.52 bits per heavy atom. The molecule has 3 aromatic rings. The molecule has 1 nitrogen and oxygen atoms in total. The van der Waals surface area contributed by atoms with Gasteiger partial charge in [0.05, 0.1) is 6.08 Å². The first kappa shape index (κ1) is 29.4. The van der Waals surface area contributed by atoms with E-state index in [0.29, 0.717) is 17.7 Å². The predicted octanol–water partition coefficient (Wildman–Crippen LogP) is 10.3. The van der Waals surface area contributed by atoms with Crippen LogP contribution in [-0.4, -0.2) is 12.3 Å². The summed E-state index contributed by atoms with van der Waals surface area (Å²) in [6, 6.07) is 13.2. The molecule has 1 aliphatic rings. The lowest BCUT2D eigenvalue weighted by molar-refractivity contribution is -0.137. The van der Waals surface area contributed by atoms with Crippen molar-refractivity contribution in [2.45, 2.75) is 38.5 Å². The van der Waals surface area contributed by atoms with E-state index in [1.807, 2.05) is 24.3 Å². The summed E-state index contributed by atoms with van der Waals surface area (Å²) in [5, 5.41) is -0.288. The van der Waals surface area contributed by atoms with E-state index in [2.05, 4.69) is 11.7 Å². The molecule has 0 aromatic heterocycles. The van der Waals surface area contributed by atoms with Crippen LogP contribution >= 0.6 is 11.6 Å². The Hall–Kier alpha value is -3.59. The Morgan fingerprint density at radius 1 is 0.925 bits per heavy atom. The van der Waals surface area contributed by atoms with Gasteiger partial charge in [0.2, 0.25) is 0 Å². The zero-order valence-electron chi connectivity index (χ0n) is 20.9. The van der Waals surface area contributed by atoms with E-state index in [9.17, 15) is 26.3 Å². The van der Waals surface area contributed by atoms with Crippen LogP contribution in [0, 0.1) is 17.5 Å². The highest BCUT2D eigenvalue weighted by atomic mass is 35.5. The molecule has 1 atom stereocenters. The quantitative estimate of drug-likeness (QED) is 0.239. The molecule has 4 rings (SSSR count). The van der Waals surface area contributed by atoms with Crippen molar-refractivity contribution in [3.8, 4) is 16.9 Å². The average molecular weight is 585 g/mol. The minimum absolute atomic E-state index is 0.0858. The molecule has 0 saturated heterocycles. The van der Waals surface area contributed by atoms with Crippen molar-refractivity contribution in [1.82, 2.24) is 0 Å². The number of benzene rings is 3. The number of hydrogen-bond acceptors (Lipinski definition) is 1. The van der Waals surface area contributed by atoms with Gasteiger partial charge in [-0.25, -0.2) is 17.6 Å². The van der Waals surface area contributed by atoms with Crippen LogP contribution in [0.25, 0.3) is 22.3 Å². The van der Waals surface area contributed by atoms with E-state index < -0.39 is 59.6 Å². The van der Waals surface area contributed by atoms with Crippen molar-refractivity contribution in [3.63, 3.8) is 0 Å². The van der Waals surface area contributed by atoms with E-state index in [-0.39, 0.29) is 21.7 Å². The molecule has 1 unspecified atom stereocenters. The number of rotatable bonds is 8. The summed E-state index contributed by atoms with van der Waals surface area (Å²) in [6.45, 7) is 2.07. The van der Waals surface area contributed by atoms with Gasteiger partial charge in [0.15, 0.2) is 17.4 Å². The highest BCUT2D eigenvalue weighted by molar-refractivity contribution is 6.35. The third-order valence-corrected chi connectivity index (χ3v) is 6.55. The van der Waals surface area contributed by atoms with Crippen molar-refractivity contribution in [3.05, 3.63) is 112 Å². The molecule has 0 radical (unpaired) electrons. The standard InChI is InChI=1S/C30H21ClF8O/c1-2-3-16-4-6-17(7-5-16)18-8-9-21(23(32)11-18)19-10-22(31)28(24(33)12-19)20-13-25(34)29(26(35)14-20)40-30(38,39)15-27(36)37/h4-11,13-15,24H,2-3,12H2,1H3. The van der Waals surface area contributed by atoms with Crippen LogP contribution in [0.2, 0.25) is 0 Å². The van der Waals surface area contributed by atoms with E-state index in [4.69, 9.17) is 11.6 Å². The van der Waals surface area contributed by atoms with Gasteiger partial charge in [0.1, 0.15) is 12.0 Å². The maximum absolute atomic E-state index is 15.3. The summed E-state index contributed by atoms with van der Waals surface area (Å²) < 4.78 is 114. The summed E-state index contributed by atoms with van der Waals surface area (Å²) in [6.07, 6.45) is -7.60. The maximum Gasteiger partial charge on any atom is 0.425 e. The van der Waals surface area contributed by atoms with Crippen LogP contribution < -0.4 is 4.74 Å². The number of hydrogen-bond donors (Lipinski definition) is 0. The largest absolute Gasteiger partial charge is 0.425 e. The van der Waals surface area contributed by atoms with Crippen molar-refractivity contribution in [2.75, 3.05) is 0 Å². The molecule has 0 amide bonds. The van der Waals surface area contributed by atoms with Gasteiger partial charge in [-0.2, -0.15) is 17.6 Å². The lowest BCUT2D eigenvalue weighted by atomic mass is 9.87. The highest BCUT2D eigenvalue weighted by Crippen LogP contribution is 2.42. The van der Waals surface area contributed by atoms with Gasteiger partial charge in [0.25, 0.3) is 6.08 Å². The summed E-state index contributed by atoms with van der Waals surface area (Å²) >= 11 is 6.24. The minimum atomic E-state index is -4.71. The molecule has 3 aromatic carbocycles. The van der Waals surface area contributed by atoms with Crippen molar-refractivity contribution in [1.29, 1.82) is 0 Å². The molecular weight excluding hydrogens is 564 g/mol. The zero-order chi connectivity index (χ0) is 29.2. The molecule has 10 heteroatoms. The fourth-order valence-electron chi connectivity index (χ4n) is 4.45. The second-order valence-corrected chi connectivity index (χ2v) is 9.52. The smallest absolute Gasteiger partial charge is 0.423 e. The number of aryl methyl sites for hydroxylation is 1. The number of ether oxygens (including phenoxy) is 1. The Morgan fingerprint density at radius 3 is 2.08 bits per heavy atom. The normalized spacial score (nSPS) is 15.7. The van der Waals surface area contributed by atoms with Gasteiger partial charge < -0.3 is 4.74 Å².